The molecule has 0 saturated heterocycles. The molecule has 1 aliphatic heterocycles. The maximum absolute atomic E-state index is 12.7. The molecule has 0 spiro atoms. The highest BCUT2D eigenvalue weighted by Crippen LogP contribution is 2.27. The van der Waals surface area contributed by atoms with E-state index < -0.39 is 11.8 Å². The fourth-order valence-electron chi connectivity index (χ4n) is 2.98. The van der Waals surface area contributed by atoms with Crippen molar-refractivity contribution in [2.24, 2.45) is 0 Å². The predicted octanol–water partition coefficient (Wildman–Crippen LogP) is 1.60. The van der Waals surface area contributed by atoms with Gasteiger partial charge < -0.3 is 14.9 Å². The number of hydrogen-bond donors (Lipinski definition) is 1. The lowest BCUT2D eigenvalue weighted by molar-refractivity contribution is -0.145. The zero-order chi connectivity index (χ0) is 16.9. The highest BCUT2D eigenvalue weighted by molar-refractivity contribution is 6.40. The molecule has 1 aliphatic rings. The van der Waals surface area contributed by atoms with Crippen molar-refractivity contribution in [3.63, 3.8) is 0 Å². The normalized spacial score (nSPS) is 12.8. The minimum atomic E-state index is -0.579. The van der Waals surface area contributed by atoms with Crippen LogP contribution in [0.5, 0.6) is 0 Å². The number of carbonyl (C=O) groups is 2. The van der Waals surface area contributed by atoms with E-state index in [9.17, 15) is 14.7 Å². The monoisotopic (exact) mass is 324 g/mol. The van der Waals surface area contributed by atoms with Crippen molar-refractivity contribution in [3.05, 3.63) is 65.7 Å². The van der Waals surface area contributed by atoms with Gasteiger partial charge in [-0.15, -0.1) is 0 Å². The summed E-state index contributed by atoms with van der Waals surface area (Å²) in [4.78, 5) is 28.3. The molecule has 5 heteroatoms. The summed E-state index contributed by atoms with van der Waals surface area (Å²) in [5, 5.41) is 9.25. The zero-order valence-corrected chi connectivity index (χ0v) is 13.4. The number of aliphatic hydroxyl groups excluding tert-OH is 1. The summed E-state index contributed by atoms with van der Waals surface area (Å²) in [6.45, 7) is 0.779. The third-order valence-electron chi connectivity index (χ3n) is 4.19. The van der Waals surface area contributed by atoms with E-state index in [-0.39, 0.29) is 13.2 Å². The van der Waals surface area contributed by atoms with Crippen LogP contribution in [0.25, 0.3) is 0 Å². The summed E-state index contributed by atoms with van der Waals surface area (Å²) in [6, 6.07) is 17.1. The van der Waals surface area contributed by atoms with Gasteiger partial charge in [0.15, 0.2) is 0 Å². The fourth-order valence-corrected chi connectivity index (χ4v) is 2.98. The van der Waals surface area contributed by atoms with Crippen LogP contribution >= 0.6 is 0 Å². The second kappa shape index (κ2) is 7.27. The molecule has 0 saturated carbocycles. The molecule has 1 N–H and O–H groups in total. The third-order valence-corrected chi connectivity index (χ3v) is 4.19. The lowest BCUT2D eigenvalue weighted by Crippen LogP contribution is -2.45. The Kier molecular flexibility index (Phi) is 4.91. The molecule has 5 nitrogen and oxygen atoms in total. The molecule has 0 unspecified atom stereocenters. The Labute approximate surface area is 141 Å². The molecule has 2 amide bonds. The van der Waals surface area contributed by atoms with Crippen molar-refractivity contribution in [3.8, 4) is 0 Å². The van der Waals surface area contributed by atoms with Crippen molar-refractivity contribution in [1.29, 1.82) is 0 Å². The molecule has 3 rings (SSSR count). The van der Waals surface area contributed by atoms with Gasteiger partial charge in [0.05, 0.1) is 6.61 Å². The second-order valence-electron chi connectivity index (χ2n) is 5.77. The maximum atomic E-state index is 12.7. The van der Waals surface area contributed by atoms with Gasteiger partial charge >= 0.3 is 11.8 Å². The van der Waals surface area contributed by atoms with Gasteiger partial charge in [0.25, 0.3) is 0 Å². The Bertz CT molecular complexity index is 730. The van der Waals surface area contributed by atoms with Crippen LogP contribution in [0.1, 0.15) is 11.1 Å². The first-order chi connectivity index (χ1) is 11.7. The molecular weight excluding hydrogens is 304 g/mol. The minimum Gasteiger partial charge on any atom is -0.395 e. The number of anilines is 1. The smallest absolute Gasteiger partial charge is 0.316 e. The van der Waals surface area contributed by atoms with Crippen molar-refractivity contribution < 1.29 is 14.7 Å². The van der Waals surface area contributed by atoms with Gasteiger partial charge in [0, 0.05) is 25.3 Å². The molecule has 124 valence electrons. The van der Waals surface area contributed by atoms with Crippen LogP contribution in [0.2, 0.25) is 0 Å². The number of fused-ring (bicyclic) bond motifs is 1. The lowest BCUT2D eigenvalue weighted by atomic mass is 10.2. The molecule has 0 aromatic heterocycles. The second-order valence-corrected chi connectivity index (χ2v) is 5.77. The average molecular weight is 324 g/mol. The fraction of sp³-hybridized carbons (Fsp3) is 0.263. The van der Waals surface area contributed by atoms with Gasteiger partial charge in [-0.05, 0) is 23.6 Å². The molecule has 0 atom stereocenters. The lowest BCUT2D eigenvalue weighted by Gasteiger charge is -2.24. The SMILES string of the molecule is O=C(C(=O)N1CCc2ccccc21)N(CCO)Cc1ccccc1. The van der Waals surface area contributed by atoms with Crippen LogP contribution in [0.4, 0.5) is 5.69 Å². The van der Waals surface area contributed by atoms with Crippen LogP contribution in [-0.4, -0.2) is 41.5 Å². The standard InChI is InChI=1S/C19H20N2O3/c22-13-12-20(14-15-6-2-1-3-7-15)18(23)19(24)21-11-10-16-8-4-5-9-17(16)21/h1-9,22H,10-14H2. The van der Waals surface area contributed by atoms with Crippen LogP contribution in [-0.2, 0) is 22.6 Å². The third kappa shape index (κ3) is 3.31. The Balaban J connectivity index is 1.76. The molecule has 1 heterocycles. The number of hydrogen-bond acceptors (Lipinski definition) is 3. The molecule has 2 aromatic carbocycles. The number of carbonyl (C=O) groups excluding carboxylic acids is 2. The summed E-state index contributed by atoms with van der Waals surface area (Å²) in [7, 11) is 0. The van der Waals surface area contributed by atoms with Gasteiger partial charge in [-0.3, -0.25) is 9.59 Å². The number of amides is 2. The Morgan fingerprint density at radius 2 is 1.75 bits per heavy atom. The van der Waals surface area contributed by atoms with Gasteiger partial charge in [-0.2, -0.15) is 0 Å². The van der Waals surface area contributed by atoms with Gasteiger partial charge in [-0.25, -0.2) is 0 Å². The highest BCUT2D eigenvalue weighted by Gasteiger charge is 2.31. The molecular formula is C19H20N2O3. The van der Waals surface area contributed by atoms with E-state index in [2.05, 4.69) is 0 Å². The van der Waals surface area contributed by atoms with Gasteiger partial charge in [-0.1, -0.05) is 48.5 Å². The van der Waals surface area contributed by atoms with Crippen LogP contribution in [0, 0.1) is 0 Å². The summed E-state index contributed by atoms with van der Waals surface area (Å²) in [5.74, 6) is -1.12. The summed E-state index contributed by atoms with van der Waals surface area (Å²) in [6.07, 6.45) is 0.758. The van der Waals surface area contributed by atoms with Crippen molar-refractivity contribution in [2.75, 3.05) is 24.6 Å². The molecule has 0 fully saturated rings. The maximum Gasteiger partial charge on any atom is 0.316 e. The molecule has 0 bridgehead atoms. The summed E-state index contributed by atoms with van der Waals surface area (Å²) >= 11 is 0. The summed E-state index contributed by atoms with van der Waals surface area (Å²) in [5.41, 5.74) is 2.81. The first-order valence-electron chi connectivity index (χ1n) is 8.04. The van der Waals surface area contributed by atoms with E-state index in [4.69, 9.17) is 0 Å². The zero-order valence-electron chi connectivity index (χ0n) is 13.4. The molecule has 0 radical (unpaired) electrons. The van der Waals surface area contributed by atoms with Crippen LogP contribution < -0.4 is 4.90 Å². The number of benzene rings is 2. The molecule has 24 heavy (non-hydrogen) atoms. The Morgan fingerprint density at radius 3 is 2.50 bits per heavy atom. The van der Waals surface area contributed by atoms with Crippen molar-refractivity contribution in [1.82, 2.24) is 4.90 Å². The molecule has 0 aliphatic carbocycles. The first kappa shape index (κ1) is 16.2. The first-order valence-corrected chi connectivity index (χ1v) is 8.04. The van der Waals surface area contributed by atoms with E-state index in [1.54, 1.807) is 0 Å². The quantitative estimate of drug-likeness (QED) is 0.869. The average Bonchev–Trinajstić information content (AvgIpc) is 3.05. The minimum absolute atomic E-state index is 0.134. The van der Waals surface area contributed by atoms with E-state index in [0.29, 0.717) is 13.1 Å². The van der Waals surface area contributed by atoms with Crippen molar-refractivity contribution >= 4 is 17.5 Å². The van der Waals surface area contributed by atoms with Gasteiger partial charge in [0.2, 0.25) is 0 Å². The van der Waals surface area contributed by atoms with Crippen molar-refractivity contribution in [2.45, 2.75) is 13.0 Å². The van der Waals surface area contributed by atoms with E-state index in [1.165, 1.54) is 9.80 Å². The Hall–Kier alpha value is -2.66. The Morgan fingerprint density at radius 1 is 1.04 bits per heavy atom. The largest absolute Gasteiger partial charge is 0.395 e. The van der Waals surface area contributed by atoms with E-state index in [0.717, 1.165) is 23.2 Å². The van der Waals surface area contributed by atoms with Gasteiger partial charge in [0.1, 0.15) is 0 Å². The number of aliphatic hydroxyl groups is 1. The van der Waals surface area contributed by atoms with E-state index >= 15 is 0 Å². The summed E-state index contributed by atoms with van der Waals surface area (Å²) < 4.78 is 0. The van der Waals surface area contributed by atoms with Crippen LogP contribution in [0.3, 0.4) is 0 Å². The molecule has 2 aromatic rings. The predicted molar refractivity (Wildman–Crippen MR) is 91.4 cm³/mol. The topological polar surface area (TPSA) is 60.9 Å². The highest BCUT2D eigenvalue weighted by atomic mass is 16.3. The number of para-hydroxylation sites is 1. The van der Waals surface area contributed by atoms with Crippen LogP contribution in [0.15, 0.2) is 54.6 Å². The number of rotatable bonds is 4. The number of nitrogens with zero attached hydrogens (tertiary/aromatic N) is 2. The van der Waals surface area contributed by atoms with E-state index in [1.807, 2.05) is 54.6 Å².